The van der Waals surface area contributed by atoms with E-state index in [1.807, 2.05) is 0 Å². The molecule has 0 aliphatic rings. The summed E-state index contributed by atoms with van der Waals surface area (Å²) < 4.78 is 2.03. The van der Waals surface area contributed by atoms with E-state index in [1.165, 1.54) is 4.68 Å². The number of aromatic nitrogens is 3. The second-order valence-corrected chi connectivity index (χ2v) is 5.37. The normalized spacial score (nSPS) is 12.7. The summed E-state index contributed by atoms with van der Waals surface area (Å²) in [6.07, 6.45) is -0.477. The van der Waals surface area contributed by atoms with Crippen molar-refractivity contribution in [3.8, 4) is 0 Å². The first-order valence-electron chi connectivity index (χ1n) is 5.16. The molecule has 96 valence electrons. The Hall–Kier alpha value is -0.620. The van der Waals surface area contributed by atoms with Gasteiger partial charge in [0.1, 0.15) is 11.8 Å². The van der Waals surface area contributed by atoms with Crippen molar-refractivity contribution >= 4 is 39.1 Å². The van der Waals surface area contributed by atoms with Crippen molar-refractivity contribution < 1.29 is 5.11 Å². The van der Waals surface area contributed by atoms with Crippen LogP contribution in [0.1, 0.15) is 17.4 Å². The molecule has 0 radical (unpaired) electrons. The van der Waals surface area contributed by atoms with Crippen LogP contribution in [-0.4, -0.2) is 20.1 Å². The molecule has 1 aromatic carbocycles. The molecule has 1 atom stereocenters. The predicted molar refractivity (Wildman–Crippen MR) is 73.8 cm³/mol. The van der Waals surface area contributed by atoms with Crippen molar-refractivity contribution in [1.29, 1.82) is 0 Å². The van der Waals surface area contributed by atoms with Gasteiger partial charge in [-0.25, -0.2) is 4.68 Å². The lowest BCUT2D eigenvalue weighted by atomic mass is 10.1. The molecule has 7 heteroatoms. The van der Waals surface area contributed by atoms with Gasteiger partial charge in [-0.1, -0.05) is 34.5 Å². The van der Waals surface area contributed by atoms with Gasteiger partial charge in [0, 0.05) is 23.5 Å². The summed E-state index contributed by atoms with van der Waals surface area (Å²) in [5.41, 5.74) is 1.30. The van der Waals surface area contributed by atoms with Crippen LogP contribution in [0.15, 0.2) is 22.8 Å². The summed E-state index contributed by atoms with van der Waals surface area (Å²) in [4.78, 5) is 0. The van der Waals surface area contributed by atoms with E-state index in [-0.39, 0.29) is 0 Å². The summed E-state index contributed by atoms with van der Waals surface area (Å²) >= 11 is 15.4. The Labute approximate surface area is 123 Å². The molecule has 0 bridgehead atoms. The SMILES string of the molecule is Cn1nnc(Br)c1C(O)Cc1c(Cl)cccc1Cl. The molecule has 0 aliphatic heterocycles. The van der Waals surface area contributed by atoms with Gasteiger partial charge in [-0.3, -0.25) is 0 Å². The molecule has 2 rings (SSSR count). The van der Waals surface area contributed by atoms with E-state index >= 15 is 0 Å². The molecule has 0 amide bonds. The highest BCUT2D eigenvalue weighted by atomic mass is 79.9. The van der Waals surface area contributed by atoms with Gasteiger partial charge >= 0.3 is 0 Å². The smallest absolute Gasteiger partial charge is 0.154 e. The minimum atomic E-state index is -0.781. The molecule has 0 saturated heterocycles. The highest BCUT2D eigenvalue weighted by Crippen LogP contribution is 2.30. The first-order valence-corrected chi connectivity index (χ1v) is 6.71. The van der Waals surface area contributed by atoms with E-state index in [1.54, 1.807) is 25.2 Å². The van der Waals surface area contributed by atoms with Gasteiger partial charge in [-0.2, -0.15) is 0 Å². The van der Waals surface area contributed by atoms with Crippen molar-refractivity contribution in [3.63, 3.8) is 0 Å². The van der Waals surface area contributed by atoms with Crippen LogP contribution in [-0.2, 0) is 13.5 Å². The molecule has 1 unspecified atom stereocenters. The summed E-state index contributed by atoms with van der Waals surface area (Å²) in [7, 11) is 1.71. The number of nitrogens with zero attached hydrogens (tertiary/aromatic N) is 3. The van der Waals surface area contributed by atoms with Gasteiger partial charge in [0.25, 0.3) is 0 Å². The standard InChI is InChI=1S/C11H10BrCl2N3O/c1-17-10(11(12)15-16-17)9(18)5-6-7(13)3-2-4-8(6)14/h2-4,9,18H,5H2,1H3. The third kappa shape index (κ3) is 2.69. The van der Waals surface area contributed by atoms with Crippen LogP contribution in [0.2, 0.25) is 10.0 Å². The van der Waals surface area contributed by atoms with Crippen molar-refractivity contribution in [3.05, 3.63) is 44.1 Å². The van der Waals surface area contributed by atoms with Gasteiger partial charge in [-0.15, -0.1) is 5.10 Å². The molecule has 2 aromatic rings. The molecule has 0 fully saturated rings. The number of benzene rings is 1. The highest BCUT2D eigenvalue weighted by Gasteiger charge is 2.20. The number of halogens is 3. The second kappa shape index (κ2) is 5.57. The number of aliphatic hydroxyl groups excluding tert-OH is 1. The van der Waals surface area contributed by atoms with E-state index < -0.39 is 6.10 Å². The molecule has 0 spiro atoms. The average molecular weight is 351 g/mol. The molecule has 0 saturated carbocycles. The number of hydrogen-bond donors (Lipinski definition) is 1. The Balaban J connectivity index is 2.30. The zero-order valence-electron chi connectivity index (χ0n) is 9.44. The Morgan fingerprint density at radius 3 is 2.50 bits per heavy atom. The Morgan fingerprint density at radius 2 is 2.00 bits per heavy atom. The minimum absolute atomic E-state index is 0.304. The Bertz CT molecular complexity index is 534. The fourth-order valence-electron chi connectivity index (χ4n) is 1.71. The van der Waals surface area contributed by atoms with Gasteiger partial charge in [0.15, 0.2) is 4.60 Å². The Kier molecular flexibility index (Phi) is 4.27. The fourth-order valence-corrected chi connectivity index (χ4v) is 2.85. The van der Waals surface area contributed by atoms with Crippen LogP contribution in [0.4, 0.5) is 0 Å². The van der Waals surface area contributed by atoms with E-state index in [2.05, 4.69) is 26.2 Å². The molecule has 18 heavy (non-hydrogen) atoms. The Morgan fingerprint density at radius 1 is 1.39 bits per heavy atom. The summed E-state index contributed by atoms with van der Waals surface area (Å²) in [6, 6.07) is 5.25. The topological polar surface area (TPSA) is 50.9 Å². The summed E-state index contributed by atoms with van der Waals surface area (Å²) in [6.45, 7) is 0. The summed E-state index contributed by atoms with van der Waals surface area (Å²) in [5, 5.41) is 18.9. The molecule has 1 N–H and O–H groups in total. The van der Waals surface area contributed by atoms with Crippen molar-refractivity contribution in [2.75, 3.05) is 0 Å². The van der Waals surface area contributed by atoms with Crippen LogP contribution in [0.25, 0.3) is 0 Å². The largest absolute Gasteiger partial charge is 0.386 e. The van der Waals surface area contributed by atoms with Crippen molar-refractivity contribution in [2.24, 2.45) is 7.05 Å². The lowest BCUT2D eigenvalue weighted by molar-refractivity contribution is 0.168. The van der Waals surface area contributed by atoms with E-state index in [0.717, 1.165) is 0 Å². The monoisotopic (exact) mass is 349 g/mol. The molecular weight excluding hydrogens is 341 g/mol. The van der Waals surface area contributed by atoms with Gasteiger partial charge in [0.05, 0.1) is 0 Å². The first-order chi connectivity index (χ1) is 8.50. The van der Waals surface area contributed by atoms with Crippen LogP contribution in [0, 0.1) is 0 Å². The van der Waals surface area contributed by atoms with E-state index in [9.17, 15) is 5.11 Å². The van der Waals surface area contributed by atoms with Crippen LogP contribution >= 0.6 is 39.1 Å². The van der Waals surface area contributed by atoms with E-state index in [0.29, 0.717) is 32.3 Å². The lowest BCUT2D eigenvalue weighted by Crippen LogP contribution is -2.09. The third-order valence-corrected chi connectivity index (χ3v) is 3.87. The molecule has 4 nitrogen and oxygen atoms in total. The molecule has 1 aromatic heterocycles. The van der Waals surface area contributed by atoms with Crippen LogP contribution in [0.5, 0.6) is 0 Å². The number of rotatable bonds is 3. The second-order valence-electron chi connectivity index (χ2n) is 3.81. The maximum Gasteiger partial charge on any atom is 0.154 e. The van der Waals surface area contributed by atoms with Crippen LogP contribution < -0.4 is 0 Å². The number of aryl methyl sites for hydroxylation is 1. The zero-order valence-corrected chi connectivity index (χ0v) is 12.5. The average Bonchev–Trinajstić information content (AvgIpc) is 2.64. The molecular formula is C11H10BrCl2N3O. The lowest BCUT2D eigenvalue weighted by Gasteiger charge is -2.13. The van der Waals surface area contributed by atoms with Gasteiger partial charge in [0.2, 0.25) is 0 Å². The maximum atomic E-state index is 10.2. The minimum Gasteiger partial charge on any atom is -0.386 e. The fraction of sp³-hybridized carbons (Fsp3) is 0.273. The molecule has 0 aliphatic carbocycles. The first kappa shape index (κ1) is 13.8. The van der Waals surface area contributed by atoms with Crippen molar-refractivity contribution in [1.82, 2.24) is 15.0 Å². The summed E-state index contributed by atoms with van der Waals surface area (Å²) in [5.74, 6) is 0. The molecule has 1 heterocycles. The van der Waals surface area contributed by atoms with Gasteiger partial charge < -0.3 is 5.11 Å². The zero-order chi connectivity index (χ0) is 13.3. The van der Waals surface area contributed by atoms with Gasteiger partial charge in [-0.05, 0) is 33.6 Å². The maximum absolute atomic E-state index is 10.2. The number of aliphatic hydroxyl groups is 1. The highest BCUT2D eigenvalue weighted by molar-refractivity contribution is 9.10. The third-order valence-electron chi connectivity index (χ3n) is 2.60. The predicted octanol–water partition coefficient (Wildman–Crippen LogP) is 3.16. The van der Waals surface area contributed by atoms with Crippen molar-refractivity contribution in [2.45, 2.75) is 12.5 Å². The quantitative estimate of drug-likeness (QED) is 0.924. The number of hydrogen-bond acceptors (Lipinski definition) is 3. The van der Waals surface area contributed by atoms with E-state index in [4.69, 9.17) is 23.2 Å². The van der Waals surface area contributed by atoms with Crippen LogP contribution in [0.3, 0.4) is 0 Å².